The number of amidine groups is 1. The van der Waals surface area contributed by atoms with E-state index in [1.54, 1.807) is 50.4 Å². The maximum absolute atomic E-state index is 16.2. The Bertz CT molecular complexity index is 1520. The summed E-state index contributed by atoms with van der Waals surface area (Å²) in [6.07, 6.45) is 0.406. The number of hydrogen-bond acceptors (Lipinski definition) is 6. The van der Waals surface area contributed by atoms with E-state index >= 15 is 4.39 Å². The van der Waals surface area contributed by atoms with Gasteiger partial charge in [0.05, 0.1) is 0 Å². The van der Waals surface area contributed by atoms with Crippen molar-refractivity contribution < 1.29 is 21.8 Å². The van der Waals surface area contributed by atoms with Gasteiger partial charge in [0, 0.05) is 0 Å². The SMILES string of the molecule is CCCS(=O)(=O)Oc1ccc(C2(c3cccc(-c4cccc(C#N)c4)c3F)N=C([As])N(C)C2=O)cc1. The molecule has 36 heavy (non-hydrogen) atoms. The van der Waals surface area contributed by atoms with Crippen LogP contribution in [0.15, 0.2) is 71.7 Å². The maximum atomic E-state index is 16.2. The van der Waals surface area contributed by atoms with Gasteiger partial charge in [-0.05, 0) is 0 Å². The first-order valence-corrected chi connectivity index (χ1v) is 13.5. The van der Waals surface area contributed by atoms with Crippen molar-refractivity contribution in [2.75, 3.05) is 12.8 Å². The molecule has 0 aliphatic carbocycles. The van der Waals surface area contributed by atoms with E-state index in [4.69, 9.17) is 4.18 Å². The number of likely N-dealkylation sites (N-methyl/N-ethyl adjacent to an activating group) is 1. The van der Waals surface area contributed by atoms with Gasteiger partial charge in [0.2, 0.25) is 0 Å². The first-order chi connectivity index (χ1) is 17.1. The van der Waals surface area contributed by atoms with Crippen LogP contribution < -0.4 is 4.18 Å². The topological polar surface area (TPSA) is 99.8 Å². The molecule has 7 nitrogen and oxygen atoms in total. The quantitative estimate of drug-likeness (QED) is 0.321. The molecule has 0 saturated carbocycles. The van der Waals surface area contributed by atoms with Crippen molar-refractivity contribution in [3.05, 3.63) is 89.2 Å². The molecule has 0 spiro atoms. The van der Waals surface area contributed by atoms with Gasteiger partial charge in [-0.1, -0.05) is 0 Å². The molecule has 1 atom stereocenters. The first kappa shape index (κ1) is 25.6. The van der Waals surface area contributed by atoms with Gasteiger partial charge in [-0.2, -0.15) is 0 Å². The Morgan fingerprint density at radius 3 is 2.44 bits per heavy atom. The van der Waals surface area contributed by atoms with E-state index in [0.717, 1.165) is 0 Å². The van der Waals surface area contributed by atoms with Crippen molar-refractivity contribution >= 4 is 37.5 Å². The minimum atomic E-state index is -3.75. The number of rotatable bonds is 7. The molecule has 0 saturated heterocycles. The van der Waals surface area contributed by atoms with Gasteiger partial charge in [-0.3, -0.25) is 0 Å². The van der Waals surface area contributed by atoms with Crippen LogP contribution in [-0.4, -0.2) is 53.5 Å². The van der Waals surface area contributed by atoms with Gasteiger partial charge >= 0.3 is 218 Å². The van der Waals surface area contributed by atoms with Gasteiger partial charge in [0.25, 0.3) is 0 Å². The van der Waals surface area contributed by atoms with E-state index < -0.39 is 27.4 Å². The van der Waals surface area contributed by atoms with E-state index in [0.29, 0.717) is 27.7 Å². The van der Waals surface area contributed by atoms with Crippen LogP contribution in [0, 0.1) is 17.1 Å². The second kappa shape index (κ2) is 9.88. The molecular formula is C26H21AsFN3O4S. The minimum absolute atomic E-state index is 0.0348. The number of nitriles is 1. The monoisotopic (exact) mass is 565 g/mol. The molecule has 3 aromatic rings. The molecule has 0 N–H and O–H groups in total. The van der Waals surface area contributed by atoms with Crippen molar-refractivity contribution in [1.29, 1.82) is 5.26 Å². The summed E-state index contributed by atoms with van der Waals surface area (Å²) in [4.78, 5) is 19.5. The molecule has 1 aliphatic heterocycles. The van der Waals surface area contributed by atoms with Crippen molar-refractivity contribution in [2.45, 2.75) is 18.9 Å². The van der Waals surface area contributed by atoms with Gasteiger partial charge < -0.3 is 0 Å². The Hall–Kier alpha value is -3.47. The van der Waals surface area contributed by atoms with E-state index in [1.807, 2.05) is 6.07 Å². The van der Waals surface area contributed by atoms with E-state index in [1.165, 1.54) is 35.2 Å². The van der Waals surface area contributed by atoms with Crippen LogP contribution in [0.2, 0.25) is 0 Å². The summed E-state index contributed by atoms with van der Waals surface area (Å²) in [7, 11) is -2.20. The van der Waals surface area contributed by atoms with Crippen molar-refractivity contribution in [1.82, 2.24) is 4.90 Å². The first-order valence-electron chi connectivity index (χ1n) is 11.0. The van der Waals surface area contributed by atoms with Gasteiger partial charge in [0.1, 0.15) is 0 Å². The third-order valence-electron chi connectivity index (χ3n) is 5.82. The standard InChI is InChI=1S/C26H21AsFN3O4S/c1-3-14-36(33,34)35-20-12-10-19(11-13-20)26(24(32)31(2)25(27)30-26)22-9-5-8-21(23(22)28)18-7-4-6-17(15-18)16-29/h4-13,15H,3,14H2,1-2H3. The number of halogens is 1. The molecule has 4 rings (SSSR count). The second-order valence-electron chi connectivity index (χ2n) is 8.22. The molecule has 1 aliphatic rings. The average Bonchev–Trinajstić information content (AvgIpc) is 3.09. The molecule has 3 aromatic carbocycles. The number of carbonyl (C=O) groups is 1. The molecule has 10 heteroatoms. The Morgan fingerprint density at radius 1 is 1.14 bits per heavy atom. The predicted octanol–water partition coefficient (Wildman–Crippen LogP) is 3.72. The van der Waals surface area contributed by atoms with Crippen LogP contribution in [-0.2, 0) is 20.5 Å². The summed E-state index contributed by atoms with van der Waals surface area (Å²) in [5, 5.41) is 9.25. The van der Waals surface area contributed by atoms with Crippen molar-refractivity contribution in [2.24, 2.45) is 4.99 Å². The molecule has 1 unspecified atom stereocenters. The van der Waals surface area contributed by atoms with Crippen LogP contribution in [0.1, 0.15) is 30.0 Å². The average molecular weight is 565 g/mol. The fraction of sp³-hybridized carbons (Fsp3) is 0.192. The summed E-state index contributed by atoms with van der Waals surface area (Å²) in [6, 6.07) is 19.2. The zero-order chi connectivity index (χ0) is 26.1. The normalized spacial score (nSPS) is 17.6. The summed E-state index contributed by atoms with van der Waals surface area (Å²) in [5.74, 6) is -1.16. The van der Waals surface area contributed by atoms with Crippen LogP contribution in [0.3, 0.4) is 0 Å². The summed E-state index contributed by atoms with van der Waals surface area (Å²) >= 11 is 2.20. The third-order valence-corrected chi connectivity index (χ3v) is 8.02. The Morgan fingerprint density at radius 2 is 1.83 bits per heavy atom. The predicted molar refractivity (Wildman–Crippen MR) is 134 cm³/mol. The van der Waals surface area contributed by atoms with Crippen LogP contribution in [0.4, 0.5) is 4.39 Å². The van der Waals surface area contributed by atoms with Gasteiger partial charge in [0.15, 0.2) is 0 Å². The zero-order valence-corrected chi connectivity index (χ0v) is 22.2. The fourth-order valence-corrected chi connectivity index (χ4v) is 5.60. The number of amides is 1. The number of nitrogens with zero attached hydrogens (tertiary/aromatic N) is 3. The Kier molecular flexibility index (Phi) is 7.03. The second-order valence-corrected chi connectivity index (χ2v) is 10.7. The summed E-state index contributed by atoms with van der Waals surface area (Å²) in [5.41, 5.74) is -0.258. The number of aliphatic imine (C=N–C) groups is 1. The molecule has 2 radical (unpaired) electrons. The molecule has 182 valence electrons. The fourth-order valence-electron chi connectivity index (χ4n) is 4.11. The summed E-state index contributed by atoms with van der Waals surface area (Å²) in [6.45, 7) is 1.73. The molecule has 1 amide bonds. The number of carbonyl (C=O) groups excluding carboxylic acids is 1. The zero-order valence-electron chi connectivity index (χ0n) is 19.5. The molecular weight excluding hydrogens is 544 g/mol. The van der Waals surface area contributed by atoms with Gasteiger partial charge in [-0.25, -0.2) is 0 Å². The Labute approximate surface area is 217 Å². The van der Waals surface area contributed by atoms with Crippen molar-refractivity contribution in [3.8, 4) is 22.9 Å². The van der Waals surface area contributed by atoms with E-state index in [-0.39, 0.29) is 22.6 Å². The van der Waals surface area contributed by atoms with Gasteiger partial charge in [-0.15, -0.1) is 0 Å². The Balaban J connectivity index is 1.87. The molecule has 0 aromatic heterocycles. The van der Waals surface area contributed by atoms with Crippen LogP contribution >= 0.6 is 0 Å². The van der Waals surface area contributed by atoms with E-state index in [9.17, 15) is 18.5 Å². The summed E-state index contributed by atoms with van der Waals surface area (Å²) < 4.78 is 45.7. The van der Waals surface area contributed by atoms with Crippen LogP contribution in [0.5, 0.6) is 5.75 Å². The molecule has 0 bridgehead atoms. The molecule has 1 heterocycles. The molecule has 0 fully saturated rings. The van der Waals surface area contributed by atoms with Crippen LogP contribution in [0.25, 0.3) is 11.1 Å². The van der Waals surface area contributed by atoms with Crippen molar-refractivity contribution in [3.63, 3.8) is 0 Å². The van der Waals surface area contributed by atoms with E-state index in [2.05, 4.69) is 21.8 Å². The third kappa shape index (κ3) is 4.55. The number of hydrogen-bond donors (Lipinski definition) is 0. The number of benzene rings is 3.